The summed E-state index contributed by atoms with van der Waals surface area (Å²) < 4.78 is 0. The molecule has 0 amide bonds. The van der Waals surface area contributed by atoms with Gasteiger partial charge in [0.25, 0.3) is 0 Å². The predicted octanol–water partition coefficient (Wildman–Crippen LogP) is 3.82. The first-order valence-corrected chi connectivity index (χ1v) is 6.73. The Balaban J connectivity index is 1.80. The van der Waals surface area contributed by atoms with Crippen LogP contribution in [-0.4, -0.2) is 0 Å². The summed E-state index contributed by atoms with van der Waals surface area (Å²) in [6, 6.07) is 0. The van der Waals surface area contributed by atoms with E-state index in [1.807, 2.05) is 0 Å². The molecule has 0 heterocycles. The highest BCUT2D eigenvalue weighted by atomic mass is 14.9. The molecule has 0 heteroatoms. The summed E-state index contributed by atoms with van der Waals surface area (Å²) in [5, 5.41) is 0. The van der Waals surface area contributed by atoms with E-state index >= 15 is 0 Å². The Kier molecular flexibility index (Phi) is 1.10. The Bertz CT molecular complexity index is 261. The van der Waals surface area contributed by atoms with E-state index in [1.54, 1.807) is 0 Å². The van der Waals surface area contributed by atoms with Gasteiger partial charge in [0.1, 0.15) is 0 Å². The summed E-state index contributed by atoms with van der Waals surface area (Å²) in [5.41, 5.74) is 2.05. The minimum absolute atomic E-state index is 0.684. The maximum atomic E-state index is 2.53. The smallest absolute Gasteiger partial charge is 0.0286 e. The van der Waals surface area contributed by atoms with E-state index in [-0.39, 0.29) is 0 Å². The molecule has 0 unspecified atom stereocenters. The second-order valence-electron chi connectivity index (χ2n) is 8.62. The highest BCUT2D eigenvalue weighted by Gasteiger charge is 2.88. The topological polar surface area (TPSA) is 0 Å². The van der Waals surface area contributed by atoms with Crippen molar-refractivity contribution in [2.24, 2.45) is 51.8 Å². The summed E-state index contributed by atoms with van der Waals surface area (Å²) >= 11 is 0. The molecule has 0 aromatic heterocycles. The van der Waals surface area contributed by atoms with Crippen molar-refractivity contribution < 1.29 is 0 Å². The van der Waals surface area contributed by atoms with Gasteiger partial charge in [0.2, 0.25) is 0 Å². The second kappa shape index (κ2) is 1.83. The van der Waals surface area contributed by atoms with Crippen molar-refractivity contribution in [3.05, 3.63) is 0 Å². The minimum atomic E-state index is 0.684. The fraction of sp³-hybridized carbons (Fsp3) is 1.00. The Labute approximate surface area is 93.8 Å². The van der Waals surface area contributed by atoms with Gasteiger partial charge in [0.15, 0.2) is 0 Å². The summed E-state index contributed by atoms with van der Waals surface area (Å²) in [6.07, 6.45) is 0. The molecule has 0 spiro atoms. The average Bonchev–Trinajstić information content (AvgIpc) is 2.95. The second-order valence-corrected chi connectivity index (χ2v) is 8.62. The zero-order valence-corrected chi connectivity index (χ0v) is 11.0. The Morgan fingerprint density at radius 1 is 0.400 bits per heavy atom. The van der Waals surface area contributed by atoms with Gasteiger partial charge in [-0.2, -0.15) is 0 Å². The lowest BCUT2D eigenvalue weighted by molar-refractivity contribution is 0.434. The zero-order valence-electron chi connectivity index (χ0n) is 11.0. The molecule has 0 aromatic rings. The first kappa shape index (κ1) is 9.07. The van der Waals surface area contributed by atoms with E-state index in [0.29, 0.717) is 16.2 Å². The molecular weight excluding hydrogens is 180 g/mol. The van der Waals surface area contributed by atoms with Gasteiger partial charge in [-0.15, -0.1) is 0 Å². The van der Waals surface area contributed by atoms with E-state index in [4.69, 9.17) is 0 Å². The van der Waals surface area contributed by atoms with Crippen LogP contribution in [0.5, 0.6) is 0 Å². The van der Waals surface area contributed by atoms with Crippen molar-refractivity contribution in [2.75, 3.05) is 0 Å². The highest BCUT2D eigenvalue weighted by molar-refractivity contribution is 5.35. The molecule has 0 bridgehead atoms. The van der Waals surface area contributed by atoms with Gasteiger partial charge in [-0.1, -0.05) is 41.5 Å². The monoisotopic (exact) mass is 204 g/mol. The molecule has 4 aliphatic rings. The minimum Gasteiger partial charge on any atom is -0.0593 e. The summed E-state index contributed by atoms with van der Waals surface area (Å²) in [6.45, 7) is 15.2. The number of rotatable bonds is 0. The van der Waals surface area contributed by atoms with Crippen LogP contribution in [-0.2, 0) is 0 Å². The number of hydrogen-bond donors (Lipinski definition) is 0. The van der Waals surface area contributed by atoms with E-state index < -0.39 is 0 Å². The molecular formula is C15H24. The molecule has 0 radical (unpaired) electrons. The summed E-state index contributed by atoms with van der Waals surface area (Å²) in [4.78, 5) is 0. The molecule has 0 aliphatic heterocycles. The van der Waals surface area contributed by atoms with Gasteiger partial charge in [0, 0.05) is 0 Å². The lowest BCUT2D eigenvalue weighted by Gasteiger charge is -2.03. The fourth-order valence-corrected chi connectivity index (χ4v) is 6.27. The molecule has 0 nitrogen and oxygen atoms in total. The normalized spacial score (nSPS) is 63.6. The van der Waals surface area contributed by atoms with Crippen molar-refractivity contribution in [1.82, 2.24) is 0 Å². The molecule has 0 N–H and O–H groups in total. The number of fused-ring (bicyclic) bond motifs is 6. The lowest BCUT2D eigenvalue weighted by Crippen LogP contribution is -2.00. The van der Waals surface area contributed by atoms with Gasteiger partial charge < -0.3 is 0 Å². The first-order chi connectivity index (χ1) is 6.73. The largest absolute Gasteiger partial charge is 0.0593 e. The molecule has 0 aromatic carbocycles. The molecule has 15 heavy (non-hydrogen) atoms. The Morgan fingerprint density at radius 2 is 0.533 bits per heavy atom. The number of hydrogen-bond acceptors (Lipinski definition) is 0. The van der Waals surface area contributed by atoms with Gasteiger partial charge in [-0.05, 0) is 51.8 Å². The summed E-state index contributed by atoms with van der Waals surface area (Å²) in [7, 11) is 0. The average molecular weight is 204 g/mol. The maximum Gasteiger partial charge on any atom is -0.0286 e. The van der Waals surface area contributed by atoms with Crippen LogP contribution in [0.2, 0.25) is 0 Å². The van der Waals surface area contributed by atoms with Crippen LogP contribution < -0.4 is 0 Å². The Morgan fingerprint density at radius 3 is 0.667 bits per heavy atom. The molecule has 0 atom stereocenters. The van der Waals surface area contributed by atoms with E-state index in [2.05, 4.69) is 41.5 Å². The quantitative estimate of drug-likeness (QED) is 0.563. The van der Waals surface area contributed by atoms with Gasteiger partial charge in [0.05, 0.1) is 0 Å². The van der Waals surface area contributed by atoms with Crippen LogP contribution >= 0.6 is 0 Å². The van der Waals surface area contributed by atoms with Crippen LogP contribution in [0, 0.1) is 51.8 Å². The zero-order chi connectivity index (χ0) is 11.0. The third-order valence-corrected chi connectivity index (χ3v) is 7.15. The van der Waals surface area contributed by atoms with Crippen LogP contribution in [0.4, 0.5) is 0 Å². The standard InChI is InChI=1S/C15H24/c1-13(2)7-8(13)10-12(15(10,5)6)11-9(7)14(11,3)4/h7-12H,1-6H3. The summed E-state index contributed by atoms with van der Waals surface area (Å²) in [5.74, 6) is 6.50. The van der Waals surface area contributed by atoms with E-state index in [1.165, 1.54) is 0 Å². The third kappa shape index (κ3) is 0.691. The maximum absolute atomic E-state index is 2.53. The first-order valence-electron chi connectivity index (χ1n) is 6.73. The lowest BCUT2D eigenvalue weighted by atomic mass is 10.0. The molecule has 4 saturated carbocycles. The fourth-order valence-electron chi connectivity index (χ4n) is 6.27. The third-order valence-electron chi connectivity index (χ3n) is 7.15. The van der Waals surface area contributed by atoms with Crippen LogP contribution in [0.1, 0.15) is 41.5 Å². The molecule has 4 fully saturated rings. The van der Waals surface area contributed by atoms with E-state index in [9.17, 15) is 0 Å². The molecule has 0 saturated heterocycles. The van der Waals surface area contributed by atoms with Gasteiger partial charge in [-0.25, -0.2) is 0 Å². The van der Waals surface area contributed by atoms with Crippen LogP contribution in [0.15, 0.2) is 0 Å². The molecule has 4 aliphatic carbocycles. The van der Waals surface area contributed by atoms with Gasteiger partial charge >= 0.3 is 0 Å². The highest BCUT2D eigenvalue weighted by Crippen LogP contribution is 2.92. The van der Waals surface area contributed by atoms with Gasteiger partial charge in [-0.3, -0.25) is 0 Å². The van der Waals surface area contributed by atoms with Crippen LogP contribution in [0.25, 0.3) is 0 Å². The van der Waals surface area contributed by atoms with Crippen molar-refractivity contribution in [3.63, 3.8) is 0 Å². The van der Waals surface area contributed by atoms with Crippen molar-refractivity contribution >= 4 is 0 Å². The van der Waals surface area contributed by atoms with Crippen molar-refractivity contribution in [1.29, 1.82) is 0 Å². The molecule has 84 valence electrons. The van der Waals surface area contributed by atoms with Crippen molar-refractivity contribution in [3.8, 4) is 0 Å². The Hall–Kier alpha value is 0. The molecule has 4 rings (SSSR count). The van der Waals surface area contributed by atoms with Crippen LogP contribution in [0.3, 0.4) is 0 Å². The SMILES string of the molecule is CC1(C)C2C3C(C4C(C21)C4(C)C)C3(C)C. The van der Waals surface area contributed by atoms with E-state index in [0.717, 1.165) is 35.5 Å². The van der Waals surface area contributed by atoms with Crippen molar-refractivity contribution in [2.45, 2.75) is 41.5 Å². The predicted molar refractivity (Wildman–Crippen MR) is 62.3 cm³/mol.